The van der Waals surface area contributed by atoms with Crippen LogP contribution in [0.15, 0.2) is 0 Å². The van der Waals surface area contributed by atoms with E-state index >= 15 is 0 Å². The molecule has 1 rings (SSSR count). The van der Waals surface area contributed by atoms with Crippen LogP contribution in [0.5, 0.6) is 0 Å². The molecule has 0 aromatic carbocycles. The Balaban J connectivity index is 2.19. The largest absolute Gasteiger partial charge is 0.377 e. The maximum Gasteiger partial charge on any atom is 0.0586 e. The third kappa shape index (κ3) is 1.67. The van der Waals surface area contributed by atoms with E-state index in [4.69, 9.17) is 4.74 Å². The maximum absolute atomic E-state index is 5.31. The van der Waals surface area contributed by atoms with Gasteiger partial charge in [0.05, 0.1) is 12.7 Å². The summed E-state index contributed by atoms with van der Waals surface area (Å²) in [5, 5.41) is 0.492. The van der Waals surface area contributed by atoms with Gasteiger partial charge in [0.25, 0.3) is 0 Å². The van der Waals surface area contributed by atoms with Crippen LogP contribution in [-0.4, -0.2) is 18.0 Å². The zero-order chi connectivity index (χ0) is 5.98. The molecule has 1 nitrogen and oxygen atoms in total. The van der Waals surface area contributed by atoms with Gasteiger partial charge in [0, 0.05) is 5.25 Å². The van der Waals surface area contributed by atoms with Crippen molar-refractivity contribution in [1.29, 1.82) is 0 Å². The Morgan fingerprint density at radius 1 is 1.50 bits per heavy atom. The summed E-state index contributed by atoms with van der Waals surface area (Å²) in [7, 11) is 0. The van der Waals surface area contributed by atoms with E-state index in [0.29, 0.717) is 11.4 Å². The molecule has 1 aliphatic rings. The van der Waals surface area contributed by atoms with E-state index in [-0.39, 0.29) is 0 Å². The Morgan fingerprint density at radius 2 is 2.25 bits per heavy atom. The second-order valence-corrected chi connectivity index (χ2v) is 3.11. The molecule has 0 aliphatic carbocycles. The molecule has 0 aromatic heterocycles. The van der Waals surface area contributed by atoms with Crippen LogP contribution >= 0.6 is 12.6 Å². The van der Waals surface area contributed by atoms with Gasteiger partial charge in [-0.25, -0.2) is 0 Å². The molecule has 0 bridgehead atoms. The molecule has 2 atom stereocenters. The first-order chi connectivity index (χ1) is 3.79. The van der Waals surface area contributed by atoms with E-state index < -0.39 is 0 Å². The fourth-order valence-electron chi connectivity index (χ4n) is 0.869. The predicted molar refractivity (Wildman–Crippen MR) is 37.4 cm³/mol. The Labute approximate surface area is 55.8 Å². The lowest BCUT2D eigenvalue weighted by Crippen LogP contribution is -2.23. The SMILES string of the molecule is C[C@H]1CCC(S)CO1. The van der Waals surface area contributed by atoms with Crippen molar-refractivity contribution in [3.63, 3.8) is 0 Å². The minimum atomic E-state index is 0.471. The van der Waals surface area contributed by atoms with Crippen molar-refractivity contribution in [2.24, 2.45) is 0 Å². The normalized spacial score (nSPS) is 39.8. The van der Waals surface area contributed by atoms with Crippen molar-refractivity contribution in [2.75, 3.05) is 6.61 Å². The van der Waals surface area contributed by atoms with Crippen LogP contribution in [0, 0.1) is 0 Å². The zero-order valence-electron chi connectivity index (χ0n) is 5.13. The molecule has 1 fully saturated rings. The lowest BCUT2D eigenvalue weighted by molar-refractivity contribution is 0.0327. The quantitative estimate of drug-likeness (QED) is 0.491. The average Bonchev–Trinajstić information content (AvgIpc) is 1.77. The van der Waals surface area contributed by atoms with Crippen LogP contribution in [0.4, 0.5) is 0 Å². The first-order valence-electron chi connectivity index (χ1n) is 3.08. The summed E-state index contributed by atoms with van der Waals surface area (Å²) in [5.41, 5.74) is 0. The van der Waals surface area contributed by atoms with E-state index in [1.165, 1.54) is 12.8 Å². The summed E-state index contributed by atoms with van der Waals surface area (Å²) >= 11 is 4.28. The zero-order valence-corrected chi connectivity index (χ0v) is 6.03. The summed E-state index contributed by atoms with van der Waals surface area (Å²) < 4.78 is 5.31. The van der Waals surface area contributed by atoms with Crippen molar-refractivity contribution in [1.82, 2.24) is 0 Å². The Morgan fingerprint density at radius 3 is 2.62 bits per heavy atom. The maximum atomic E-state index is 5.31. The first kappa shape index (κ1) is 6.43. The van der Waals surface area contributed by atoms with E-state index in [9.17, 15) is 0 Å². The molecule has 0 amide bonds. The first-order valence-corrected chi connectivity index (χ1v) is 3.60. The molecule has 0 aromatic rings. The minimum Gasteiger partial charge on any atom is -0.377 e. The molecule has 48 valence electrons. The van der Waals surface area contributed by atoms with Gasteiger partial charge in [0.15, 0.2) is 0 Å². The monoisotopic (exact) mass is 132 g/mol. The number of thiol groups is 1. The molecule has 1 heterocycles. The highest BCUT2D eigenvalue weighted by Crippen LogP contribution is 2.16. The van der Waals surface area contributed by atoms with Crippen LogP contribution in [-0.2, 0) is 4.74 Å². The topological polar surface area (TPSA) is 9.23 Å². The molecule has 0 spiro atoms. The van der Waals surface area contributed by atoms with Crippen molar-refractivity contribution < 1.29 is 4.74 Å². The minimum absolute atomic E-state index is 0.471. The van der Waals surface area contributed by atoms with Gasteiger partial charge >= 0.3 is 0 Å². The van der Waals surface area contributed by atoms with Gasteiger partial charge in [0.2, 0.25) is 0 Å². The van der Waals surface area contributed by atoms with Crippen LogP contribution in [0.1, 0.15) is 19.8 Å². The Bertz CT molecular complexity index is 56.9. The fraction of sp³-hybridized carbons (Fsp3) is 1.00. The third-order valence-electron chi connectivity index (χ3n) is 1.48. The molecular weight excluding hydrogens is 120 g/mol. The highest BCUT2D eigenvalue weighted by molar-refractivity contribution is 7.81. The summed E-state index contributed by atoms with van der Waals surface area (Å²) in [6.45, 7) is 2.95. The van der Waals surface area contributed by atoms with Crippen molar-refractivity contribution in [2.45, 2.75) is 31.1 Å². The third-order valence-corrected chi connectivity index (χ3v) is 1.89. The van der Waals surface area contributed by atoms with Gasteiger partial charge in [-0.2, -0.15) is 12.6 Å². The van der Waals surface area contributed by atoms with Crippen molar-refractivity contribution >= 4 is 12.6 Å². The molecule has 8 heavy (non-hydrogen) atoms. The molecule has 1 saturated heterocycles. The van der Waals surface area contributed by atoms with Gasteiger partial charge in [-0.15, -0.1) is 0 Å². The van der Waals surface area contributed by atoms with Gasteiger partial charge in [-0.1, -0.05) is 0 Å². The Hall–Kier alpha value is 0.310. The molecule has 0 saturated carbocycles. The van der Waals surface area contributed by atoms with E-state index in [1.807, 2.05) is 0 Å². The van der Waals surface area contributed by atoms with Crippen LogP contribution in [0.25, 0.3) is 0 Å². The molecule has 2 heteroatoms. The van der Waals surface area contributed by atoms with E-state index in [2.05, 4.69) is 19.6 Å². The fourth-order valence-corrected chi connectivity index (χ4v) is 1.10. The van der Waals surface area contributed by atoms with Crippen molar-refractivity contribution in [3.8, 4) is 0 Å². The van der Waals surface area contributed by atoms with Crippen LogP contribution < -0.4 is 0 Å². The molecule has 0 N–H and O–H groups in total. The summed E-state index contributed by atoms with van der Waals surface area (Å²) in [5.74, 6) is 0. The molecule has 1 aliphatic heterocycles. The lowest BCUT2D eigenvalue weighted by atomic mass is 10.1. The number of hydrogen-bond donors (Lipinski definition) is 1. The molecule has 1 unspecified atom stereocenters. The molecular formula is C6H12OS. The van der Waals surface area contributed by atoms with Gasteiger partial charge in [0.1, 0.15) is 0 Å². The standard InChI is InChI=1S/C6H12OS/c1-5-2-3-6(8)4-7-5/h5-6,8H,2-4H2,1H3/t5-,6?/m0/s1. The van der Waals surface area contributed by atoms with Crippen LogP contribution in [0.3, 0.4) is 0 Å². The van der Waals surface area contributed by atoms with Gasteiger partial charge < -0.3 is 4.74 Å². The van der Waals surface area contributed by atoms with Gasteiger partial charge in [-0.3, -0.25) is 0 Å². The van der Waals surface area contributed by atoms with Crippen molar-refractivity contribution in [3.05, 3.63) is 0 Å². The summed E-state index contributed by atoms with van der Waals surface area (Å²) in [4.78, 5) is 0. The smallest absolute Gasteiger partial charge is 0.0586 e. The summed E-state index contributed by atoms with van der Waals surface area (Å²) in [6.07, 6.45) is 2.86. The average molecular weight is 132 g/mol. The number of hydrogen-bond acceptors (Lipinski definition) is 2. The Kier molecular flexibility index (Phi) is 2.20. The number of ether oxygens (including phenoxy) is 1. The van der Waals surface area contributed by atoms with E-state index in [0.717, 1.165) is 6.61 Å². The highest BCUT2D eigenvalue weighted by Gasteiger charge is 2.14. The molecule has 0 radical (unpaired) electrons. The second kappa shape index (κ2) is 2.74. The lowest BCUT2D eigenvalue weighted by Gasteiger charge is -2.22. The van der Waals surface area contributed by atoms with E-state index in [1.54, 1.807) is 0 Å². The summed E-state index contributed by atoms with van der Waals surface area (Å²) in [6, 6.07) is 0. The predicted octanol–water partition coefficient (Wildman–Crippen LogP) is 1.48. The van der Waals surface area contributed by atoms with Gasteiger partial charge in [-0.05, 0) is 19.8 Å². The highest BCUT2D eigenvalue weighted by atomic mass is 32.1. The van der Waals surface area contributed by atoms with Crippen LogP contribution in [0.2, 0.25) is 0 Å². The second-order valence-electron chi connectivity index (χ2n) is 2.38. The number of rotatable bonds is 0.